The molecule has 0 bridgehead atoms. The third-order valence-corrected chi connectivity index (χ3v) is 42.5. The van der Waals surface area contributed by atoms with E-state index in [0.29, 0.717) is 20.2 Å². The lowest BCUT2D eigenvalue weighted by Gasteiger charge is -2.64. The van der Waals surface area contributed by atoms with E-state index < -0.39 is 15.2 Å². The van der Waals surface area contributed by atoms with Gasteiger partial charge in [0.05, 0.1) is 15.2 Å². The van der Waals surface area contributed by atoms with Gasteiger partial charge < -0.3 is 0 Å². The molecule has 0 aliphatic rings. The molecule has 0 atom stereocenters. The van der Waals surface area contributed by atoms with Crippen molar-refractivity contribution in [2.24, 2.45) is 0 Å². The van der Waals surface area contributed by atoms with E-state index in [1.54, 1.807) is 0 Å². The lowest BCUT2D eigenvalue weighted by Crippen LogP contribution is -2.73. The van der Waals surface area contributed by atoms with Crippen molar-refractivity contribution < 1.29 is 0 Å². The summed E-state index contributed by atoms with van der Waals surface area (Å²) in [6.45, 7) is 41.1. The predicted molar refractivity (Wildman–Crippen MR) is 126 cm³/mol. The second-order valence-electron chi connectivity index (χ2n) is 13.1. The van der Waals surface area contributed by atoms with Gasteiger partial charge in [-0.05, 0) is 20.2 Å². The second-order valence-corrected chi connectivity index (χ2v) is 32.6. The molecule has 25 heavy (non-hydrogen) atoms. The number of hydrogen-bond acceptors (Lipinski definition) is 0. The van der Waals surface area contributed by atoms with Crippen LogP contribution in [0.4, 0.5) is 0 Å². The number of rotatable bonds is 4. The molecule has 0 heterocycles. The fraction of sp³-hybridized carbons (Fsp3) is 1.00. The Morgan fingerprint density at radius 2 is 0.600 bits per heavy atom. The summed E-state index contributed by atoms with van der Waals surface area (Å²) < 4.78 is 0. The van der Waals surface area contributed by atoms with Crippen LogP contribution in [0.2, 0.25) is 31.2 Å². The summed E-state index contributed by atoms with van der Waals surface area (Å²) >= 11 is 0. The van der Waals surface area contributed by atoms with E-state index in [9.17, 15) is 0 Å². The van der Waals surface area contributed by atoms with Crippen molar-refractivity contribution in [3.63, 3.8) is 0 Å². The van der Waals surface area contributed by atoms with Gasteiger partial charge in [0, 0.05) is 8.55 Å². The predicted octanol–water partition coefficient (Wildman–Crippen LogP) is 8.60. The molecule has 0 aliphatic carbocycles. The minimum atomic E-state index is -1.60. The second kappa shape index (κ2) is 7.24. The van der Waals surface area contributed by atoms with Crippen LogP contribution in [0.3, 0.4) is 0 Å². The average molecular weight is 399 g/mol. The fourth-order valence-electron chi connectivity index (χ4n) is 7.06. The fourth-order valence-corrected chi connectivity index (χ4v) is 53.6. The normalized spacial score (nSPS) is 16.1. The molecule has 0 N–H and O–H groups in total. The van der Waals surface area contributed by atoms with Gasteiger partial charge >= 0.3 is 0 Å². The first-order valence-electron chi connectivity index (χ1n) is 10.4. The lowest BCUT2D eigenvalue weighted by molar-refractivity contribution is 0.598. The van der Waals surface area contributed by atoms with Crippen molar-refractivity contribution in [3.05, 3.63) is 0 Å². The molecule has 0 fully saturated rings. The summed E-state index contributed by atoms with van der Waals surface area (Å²) in [6.07, 6.45) is 0. The topological polar surface area (TPSA) is 0 Å². The van der Waals surface area contributed by atoms with Gasteiger partial charge in [-0.15, -0.1) is 0 Å². The maximum atomic E-state index is 2.57. The zero-order valence-electron chi connectivity index (χ0n) is 20.7. The molecule has 0 rings (SSSR count). The monoisotopic (exact) mass is 398 g/mol. The van der Waals surface area contributed by atoms with Crippen LogP contribution in [0.1, 0.15) is 111 Å². The van der Waals surface area contributed by atoms with Crippen LogP contribution in [0, 0.1) is 0 Å². The smallest absolute Gasteiger partial charge is 0.0521 e. The SMILES string of the molecule is CC(C)[Si]([Si][Si](C(C)C)(C(C)(C)C)C(C)(C)C)(C(C)(C)C)C(C)(C)C. The molecular weight excluding hydrogens is 349 g/mol. The maximum absolute atomic E-state index is 2.57. The van der Waals surface area contributed by atoms with E-state index in [0.717, 1.165) is 11.1 Å². The van der Waals surface area contributed by atoms with Crippen LogP contribution in [-0.2, 0) is 0 Å². The molecule has 0 spiro atoms. The molecule has 0 unspecified atom stereocenters. The molecule has 0 aromatic heterocycles. The van der Waals surface area contributed by atoms with Crippen LogP contribution in [0.15, 0.2) is 0 Å². The highest BCUT2D eigenvalue weighted by Crippen LogP contribution is 2.63. The van der Waals surface area contributed by atoms with E-state index in [-0.39, 0.29) is 0 Å². The molecule has 0 nitrogen and oxygen atoms in total. The molecule has 0 aromatic rings. The van der Waals surface area contributed by atoms with Crippen LogP contribution >= 0.6 is 0 Å². The molecule has 0 aromatic carbocycles. The zero-order valence-corrected chi connectivity index (χ0v) is 23.7. The number of hydrogen-bond donors (Lipinski definition) is 0. The van der Waals surface area contributed by atoms with Crippen molar-refractivity contribution in [3.8, 4) is 0 Å². The van der Waals surface area contributed by atoms with Gasteiger partial charge in [0.15, 0.2) is 0 Å². The van der Waals surface area contributed by atoms with Crippen molar-refractivity contribution in [1.29, 1.82) is 0 Å². The van der Waals surface area contributed by atoms with Crippen molar-refractivity contribution in [2.75, 3.05) is 0 Å². The minimum absolute atomic E-state index is 0.432. The molecule has 0 amide bonds. The largest absolute Gasteiger partial charge is 0.0654 e. The summed E-state index contributed by atoms with van der Waals surface area (Å²) in [5.74, 6) is 0. The van der Waals surface area contributed by atoms with Gasteiger partial charge in [0.1, 0.15) is 0 Å². The van der Waals surface area contributed by atoms with Gasteiger partial charge in [-0.25, -0.2) is 0 Å². The Balaban J connectivity index is 7.00. The first-order valence-corrected chi connectivity index (χ1v) is 17.5. The highest BCUT2D eigenvalue weighted by atomic mass is 29.6. The summed E-state index contributed by atoms with van der Waals surface area (Å²) in [6, 6.07) is 0. The van der Waals surface area contributed by atoms with Gasteiger partial charge in [-0.3, -0.25) is 0 Å². The van der Waals surface area contributed by atoms with E-state index in [2.05, 4.69) is 111 Å². The Hall–Kier alpha value is 0.651. The molecule has 0 saturated heterocycles. The molecular formula is C22H50Si3. The highest BCUT2D eigenvalue weighted by Gasteiger charge is 2.64. The van der Waals surface area contributed by atoms with E-state index in [4.69, 9.17) is 0 Å². The molecule has 0 aliphatic heterocycles. The Bertz CT molecular complexity index is 364. The molecule has 0 saturated carbocycles. The third-order valence-electron chi connectivity index (χ3n) is 6.86. The first-order chi connectivity index (χ1) is 10.6. The Kier molecular flexibility index (Phi) is 7.42. The maximum Gasteiger partial charge on any atom is 0.0521 e. The van der Waals surface area contributed by atoms with Gasteiger partial charge in [-0.2, -0.15) is 0 Å². The summed E-state index contributed by atoms with van der Waals surface area (Å²) in [4.78, 5) is 0. The van der Waals surface area contributed by atoms with Crippen molar-refractivity contribution >= 4 is 23.7 Å². The Labute approximate surface area is 165 Å². The highest BCUT2D eigenvalue weighted by molar-refractivity contribution is 7.56. The van der Waals surface area contributed by atoms with E-state index >= 15 is 0 Å². The lowest BCUT2D eigenvalue weighted by atomic mass is 10.2. The Morgan fingerprint density at radius 3 is 0.680 bits per heavy atom. The van der Waals surface area contributed by atoms with Crippen LogP contribution < -0.4 is 0 Å². The quantitative estimate of drug-likeness (QED) is 0.416. The van der Waals surface area contributed by atoms with E-state index in [1.807, 2.05) is 0 Å². The molecule has 150 valence electrons. The summed E-state index contributed by atoms with van der Waals surface area (Å²) in [5, 5.41) is 1.73. The molecule has 3 heteroatoms. The first kappa shape index (κ1) is 25.7. The van der Waals surface area contributed by atoms with Gasteiger partial charge in [0.25, 0.3) is 0 Å². The van der Waals surface area contributed by atoms with Crippen LogP contribution in [0.5, 0.6) is 0 Å². The van der Waals surface area contributed by atoms with Crippen LogP contribution in [0.25, 0.3) is 0 Å². The average Bonchev–Trinajstić information content (AvgIpc) is 2.20. The van der Waals surface area contributed by atoms with Crippen molar-refractivity contribution in [1.82, 2.24) is 0 Å². The summed E-state index contributed by atoms with van der Waals surface area (Å²) in [5.41, 5.74) is 1.64. The van der Waals surface area contributed by atoms with Crippen LogP contribution in [-0.4, -0.2) is 23.7 Å². The molecule has 2 radical (unpaired) electrons. The summed E-state index contributed by atoms with van der Waals surface area (Å²) in [7, 11) is -2.01. The van der Waals surface area contributed by atoms with Gasteiger partial charge in [-0.1, -0.05) is 122 Å². The minimum Gasteiger partial charge on any atom is -0.0654 e. The third kappa shape index (κ3) is 4.23. The zero-order chi connectivity index (χ0) is 20.9. The van der Waals surface area contributed by atoms with Crippen molar-refractivity contribution in [2.45, 2.75) is 142 Å². The Morgan fingerprint density at radius 1 is 0.440 bits per heavy atom. The standard InChI is InChI=1S/C22H50Si3/c1-17(2)24(19(5,6)7,20(8,9)10)23-25(18(3)4,21(11,12)13)22(14,15)16/h17-18H,1-16H3. The van der Waals surface area contributed by atoms with E-state index in [1.165, 1.54) is 8.55 Å². The van der Waals surface area contributed by atoms with Gasteiger partial charge in [0.2, 0.25) is 0 Å².